The molecule has 6 nitrogen and oxygen atoms in total. The molecule has 0 saturated heterocycles. The van der Waals surface area contributed by atoms with Crippen LogP contribution in [0.3, 0.4) is 0 Å². The molecule has 16 heavy (non-hydrogen) atoms. The monoisotopic (exact) mass is 229 g/mol. The van der Waals surface area contributed by atoms with Gasteiger partial charge < -0.3 is 14.9 Å². The lowest BCUT2D eigenvalue weighted by Crippen LogP contribution is -2.03. The second kappa shape index (κ2) is 4.48. The standard InChI is InChI=1S/C8H5F2N3O3/c1-16-5-3-12-8(13(14)15)4(2-11)6(5)7(9)10/h3,7H,1H3. The van der Waals surface area contributed by atoms with Crippen molar-refractivity contribution < 1.29 is 18.4 Å². The Kier molecular flexibility index (Phi) is 3.30. The number of nitrogens with zero attached hydrogens (tertiary/aromatic N) is 3. The summed E-state index contributed by atoms with van der Waals surface area (Å²) in [5.74, 6) is -1.25. The van der Waals surface area contributed by atoms with Crippen LogP contribution in [0.2, 0.25) is 0 Å². The maximum Gasteiger partial charge on any atom is 0.382 e. The van der Waals surface area contributed by atoms with Crippen LogP contribution in [-0.4, -0.2) is 17.0 Å². The first kappa shape index (κ1) is 11.8. The van der Waals surface area contributed by atoms with Gasteiger partial charge in [0.25, 0.3) is 6.43 Å². The Hall–Kier alpha value is -2.30. The van der Waals surface area contributed by atoms with Gasteiger partial charge in [0.15, 0.2) is 17.5 Å². The molecule has 0 N–H and O–H groups in total. The minimum atomic E-state index is -3.05. The van der Waals surface area contributed by atoms with Crippen LogP contribution < -0.4 is 4.74 Å². The SMILES string of the molecule is COc1cnc([N+](=O)[O-])c(C#N)c1C(F)F. The first-order chi connectivity index (χ1) is 7.52. The topological polar surface area (TPSA) is 89.1 Å². The molecule has 0 atom stereocenters. The van der Waals surface area contributed by atoms with Crippen LogP contribution in [0, 0.1) is 21.4 Å². The largest absolute Gasteiger partial charge is 0.492 e. The van der Waals surface area contributed by atoms with Crippen molar-refractivity contribution in [3.8, 4) is 11.8 Å². The summed E-state index contributed by atoms with van der Waals surface area (Å²) >= 11 is 0. The summed E-state index contributed by atoms with van der Waals surface area (Å²) < 4.78 is 29.8. The third-order valence-corrected chi connectivity index (χ3v) is 1.79. The van der Waals surface area contributed by atoms with Crippen LogP contribution in [0.1, 0.15) is 17.6 Å². The van der Waals surface area contributed by atoms with E-state index in [1.54, 1.807) is 0 Å². The van der Waals surface area contributed by atoms with E-state index in [4.69, 9.17) is 5.26 Å². The smallest absolute Gasteiger partial charge is 0.382 e. The van der Waals surface area contributed by atoms with Crippen LogP contribution in [0.5, 0.6) is 5.75 Å². The fourth-order valence-electron chi connectivity index (χ4n) is 1.13. The van der Waals surface area contributed by atoms with E-state index < -0.39 is 28.3 Å². The molecular formula is C8H5F2N3O3. The zero-order chi connectivity index (χ0) is 12.3. The number of aromatic nitrogens is 1. The van der Waals surface area contributed by atoms with E-state index in [0.717, 1.165) is 13.3 Å². The van der Waals surface area contributed by atoms with Crippen LogP contribution in [-0.2, 0) is 0 Å². The predicted molar refractivity (Wildman–Crippen MR) is 47.1 cm³/mol. The van der Waals surface area contributed by atoms with E-state index in [9.17, 15) is 18.9 Å². The highest BCUT2D eigenvalue weighted by atomic mass is 19.3. The first-order valence-electron chi connectivity index (χ1n) is 3.92. The Morgan fingerprint density at radius 3 is 2.69 bits per heavy atom. The number of hydrogen-bond donors (Lipinski definition) is 0. The number of hydrogen-bond acceptors (Lipinski definition) is 5. The van der Waals surface area contributed by atoms with Crippen molar-refractivity contribution in [2.75, 3.05) is 7.11 Å². The highest BCUT2D eigenvalue weighted by molar-refractivity contribution is 5.54. The van der Waals surface area contributed by atoms with Crippen molar-refractivity contribution in [3.05, 3.63) is 27.4 Å². The van der Waals surface area contributed by atoms with E-state index in [1.165, 1.54) is 6.07 Å². The Bertz CT molecular complexity index is 470. The van der Waals surface area contributed by atoms with Gasteiger partial charge in [-0.1, -0.05) is 0 Å². The van der Waals surface area contributed by atoms with Gasteiger partial charge in [0, 0.05) is 0 Å². The molecule has 0 aliphatic heterocycles. The zero-order valence-electron chi connectivity index (χ0n) is 7.98. The van der Waals surface area contributed by atoms with Gasteiger partial charge in [-0.3, -0.25) is 0 Å². The molecule has 1 heterocycles. The van der Waals surface area contributed by atoms with Crippen molar-refractivity contribution in [2.45, 2.75) is 6.43 Å². The quantitative estimate of drug-likeness (QED) is 0.582. The van der Waals surface area contributed by atoms with Gasteiger partial charge in [-0.25, -0.2) is 8.78 Å². The summed E-state index contributed by atoms with van der Waals surface area (Å²) in [5.41, 5.74) is -1.59. The minimum Gasteiger partial charge on any atom is -0.492 e. The van der Waals surface area contributed by atoms with Gasteiger partial charge in [-0.2, -0.15) is 5.26 Å². The van der Waals surface area contributed by atoms with Gasteiger partial charge in [0.05, 0.1) is 12.7 Å². The maximum atomic E-state index is 12.6. The second-order valence-electron chi connectivity index (χ2n) is 2.61. The summed E-state index contributed by atoms with van der Waals surface area (Å²) in [6, 6.07) is 1.34. The van der Waals surface area contributed by atoms with Gasteiger partial charge in [0.1, 0.15) is 6.07 Å². The molecule has 0 aliphatic carbocycles. The fourth-order valence-corrected chi connectivity index (χ4v) is 1.13. The zero-order valence-corrected chi connectivity index (χ0v) is 7.98. The molecule has 0 fully saturated rings. The van der Waals surface area contributed by atoms with Gasteiger partial charge in [0.2, 0.25) is 0 Å². The van der Waals surface area contributed by atoms with Gasteiger partial charge in [-0.15, -0.1) is 0 Å². The molecular weight excluding hydrogens is 224 g/mol. The molecule has 8 heteroatoms. The average molecular weight is 229 g/mol. The lowest BCUT2D eigenvalue weighted by atomic mass is 10.1. The minimum absolute atomic E-state index is 0.350. The first-order valence-corrected chi connectivity index (χ1v) is 3.92. The molecule has 0 bridgehead atoms. The number of pyridine rings is 1. The van der Waals surface area contributed by atoms with Crippen molar-refractivity contribution in [2.24, 2.45) is 0 Å². The number of nitriles is 1. The molecule has 0 saturated carbocycles. The van der Waals surface area contributed by atoms with Crippen LogP contribution in [0.25, 0.3) is 0 Å². The summed E-state index contributed by atoms with van der Waals surface area (Å²) in [4.78, 5) is 12.7. The summed E-state index contributed by atoms with van der Waals surface area (Å²) in [6.07, 6.45) is -2.26. The van der Waals surface area contributed by atoms with E-state index in [0.29, 0.717) is 0 Å². The Morgan fingerprint density at radius 1 is 1.69 bits per heavy atom. The Labute approximate surface area is 88.2 Å². The number of ether oxygens (including phenoxy) is 1. The van der Waals surface area contributed by atoms with Crippen LogP contribution >= 0.6 is 0 Å². The van der Waals surface area contributed by atoms with E-state index >= 15 is 0 Å². The molecule has 0 aromatic carbocycles. The summed E-state index contributed by atoms with van der Waals surface area (Å²) in [5, 5.41) is 19.1. The number of rotatable bonds is 3. The number of halogens is 2. The third kappa shape index (κ3) is 1.88. The van der Waals surface area contributed by atoms with E-state index in [-0.39, 0.29) is 5.75 Å². The molecule has 0 radical (unpaired) electrons. The molecule has 0 spiro atoms. The number of alkyl halides is 2. The molecule has 84 valence electrons. The molecule has 0 amide bonds. The molecule has 0 unspecified atom stereocenters. The van der Waals surface area contributed by atoms with Gasteiger partial charge in [-0.05, 0) is 9.91 Å². The molecule has 0 aliphatic rings. The maximum absolute atomic E-state index is 12.6. The predicted octanol–water partition coefficient (Wildman–Crippen LogP) is 1.81. The van der Waals surface area contributed by atoms with Crippen LogP contribution in [0.15, 0.2) is 6.20 Å². The van der Waals surface area contributed by atoms with Crippen molar-refractivity contribution in [3.63, 3.8) is 0 Å². The van der Waals surface area contributed by atoms with Crippen molar-refractivity contribution in [1.82, 2.24) is 4.98 Å². The highest BCUT2D eigenvalue weighted by Gasteiger charge is 2.29. The number of methoxy groups -OCH3 is 1. The number of nitro groups is 1. The second-order valence-corrected chi connectivity index (χ2v) is 2.61. The van der Waals surface area contributed by atoms with Gasteiger partial charge >= 0.3 is 5.82 Å². The Balaban J connectivity index is 3.58. The normalized spacial score (nSPS) is 9.94. The summed E-state index contributed by atoms with van der Waals surface area (Å²) in [6.45, 7) is 0. The lowest BCUT2D eigenvalue weighted by molar-refractivity contribution is -0.389. The third-order valence-electron chi connectivity index (χ3n) is 1.79. The van der Waals surface area contributed by atoms with Crippen molar-refractivity contribution >= 4 is 5.82 Å². The highest BCUT2D eigenvalue weighted by Crippen LogP contribution is 2.34. The average Bonchev–Trinajstić information content (AvgIpc) is 2.26. The van der Waals surface area contributed by atoms with Crippen molar-refractivity contribution in [1.29, 1.82) is 5.26 Å². The summed E-state index contributed by atoms with van der Waals surface area (Å²) in [7, 11) is 1.11. The van der Waals surface area contributed by atoms with Crippen LogP contribution in [0.4, 0.5) is 14.6 Å². The lowest BCUT2D eigenvalue weighted by Gasteiger charge is -2.07. The molecule has 1 aromatic rings. The molecule has 1 aromatic heterocycles. The van der Waals surface area contributed by atoms with E-state index in [1.807, 2.05) is 0 Å². The molecule has 1 rings (SSSR count). The Morgan fingerprint density at radius 2 is 2.31 bits per heavy atom. The fraction of sp³-hybridized carbons (Fsp3) is 0.250. The van der Waals surface area contributed by atoms with E-state index in [2.05, 4.69) is 9.72 Å².